The molecule has 2 aromatic rings. The van der Waals surface area contributed by atoms with Gasteiger partial charge in [0, 0.05) is 0 Å². The van der Waals surface area contributed by atoms with E-state index in [1.54, 1.807) is 12.3 Å². The summed E-state index contributed by atoms with van der Waals surface area (Å²) in [6.07, 6.45) is 4.04. The molecule has 0 radical (unpaired) electrons. The predicted octanol–water partition coefficient (Wildman–Crippen LogP) is 1.14. The van der Waals surface area contributed by atoms with Crippen molar-refractivity contribution in [2.45, 2.75) is 18.4 Å². The van der Waals surface area contributed by atoms with Crippen molar-refractivity contribution < 1.29 is 13.5 Å². The largest absolute Gasteiger partial charge is 0.391 e. The molecule has 96 valence electrons. The summed E-state index contributed by atoms with van der Waals surface area (Å²) in [5, 5.41) is 10.9. The molecule has 0 spiro atoms. The van der Waals surface area contributed by atoms with E-state index in [1.807, 2.05) is 0 Å². The van der Waals surface area contributed by atoms with Crippen molar-refractivity contribution in [2.24, 2.45) is 0 Å². The molecule has 0 aliphatic rings. The van der Waals surface area contributed by atoms with Crippen LogP contribution in [0, 0.1) is 6.92 Å². The Bertz CT molecular complexity index is 638. The van der Waals surface area contributed by atoms with Gasteiger partial charge in [-0.25, -0.2) is 18.4 Å². The maximum Gasteiger partial charge on any atom is 0.263 e. The van der Waals surface area contributed by atoms with E-state index in [9.17, 15) is 8.42 Å². The molecule has 0 saturated heterocycles. The zero-order valence-corrected chi connectivity index (χ0v) is 11.1. The molecule has 18 heavy (non-hydrogen) atoms. The van der Waals surface area contributed by atoms with E-state index in [0.29, 0.717) is 10.4 Å². The van der Waals surface area contributed by atoms with E-state index in [4.69, 9.17) is 5.11 Å². The number of rotatable bonds is 4. The van der Waals surface area contributed by atoms with Crippen LogP contribution in [0.15, 0.2) is 29.0 Å². The van der Waals surface area contributed by atoms with Gasteiger partial charge in [0.05, 0.1) is 29.6 Å². The molecular formula is C10H11N3O3S2. The van der Waals surface area contributed by atoms with Gasteiger partial charge in [0.2, 0.25) is 0 Å². The van der Waals surface area contributed by atoms with Gasteiger partial charge < -0.3 is 5.11 Å². The number of anilines is 1. The van der Waals surface area contributed by atoms with E-state index in [0.717, 1.165) is 0 Å². The Morgan fingerprint density at radius 3 is 2.67 bits per heavy atom. The van der Waals surface area contributed by atoms with Crippen molar-refractivity contribution >= 4 is 27.0 Å². The Hall–Kier alpha value is -1.51. The fourth-order valence-corrected chi connectivity index (χ4v) is 4.21. The summed E-state index contributed by atoms with van der Waals surface area (Å²) >= 11 is 1.21. The van der Waals surface area contributed by atoms with E-state index < -0.39 is 10.0 Å². The lowest BCUT2D eigenvalue weighted by molar-refractivity contribution is 0.282. The van der Waals surface area contributed by atoms with Crippen LogP contribution in [-0.4, -0.2) is 23.5 Å². The molecule has 0 bridgehead atoms. The summed E-state index contributed by atoms with van der Waals surface area (Å²) in [5.74, 6) is 0. The molecule has 0 fully saturated rings. The van der Waals surface area contributed by atoms with Crippen molar-refractivity contribution in [2.75, 3.05) is 4.72 Å². The summed E-state index contributed by atoms with van der Waals surface area (Å²) in [5.41, 5.74) is 0.889. The first-order valence-electron chi connectivity index (χ1n) is 5.00. The van der Waals surface area contributed by atoms with Crippen LogP contribution in [0.2, 0.25) is 0 Å². The molecule has 0 saturated carbocycles. The lowest BCUT2D eigenvalue weighted by Gasteiger charge is -2.08. The zero-order valence-electron chi connectivity index (χ0n) is 9.49. The van der Waals surface area contributed by atoms with Crippen LogP contribution in [0.25, 0.3) is 0 Å². The van der Waals surface area contributed by atoms with Crippen LogP contribution in [0.1, 0.15) is 10.4 Å². The topological polar surface area (TPSA) is 92.2 Å². The highest BCUT2D eigenvalue weighted by molar-refractivity contribution is 7.93. The fraction of sp³-hybridized carbons (Fsp3) is 0.200. The highest BCUT2D eigenvalue weighted by Gasteiger charge is 2.22. The van der Waals surface area contributed by atoms with E-state index in [2.05, 4.69) is 14.7 Å². The summed E-state index contributed by atoms with van der Waals surface area (Å²) < 4.78 is 26.8. The molecular weight excluding hydrogens is 274 g/mol. The first kappa shape index (κ1) is 12.9. The SMILES string of the molecule is Cc1csc(CO)c1S(=O)(=O)Nc1cncnc1. The number of aryl methyl sites for hydroxylation is 1. The fourth-order valence-electron chi connectivity index (χ4n) is 1.52. The Morgan fingerprint density at radius 1 is 1.39 bits per heavy atom. The number of nitrogens with one attached hydrogen (secondary N) is 1. The van der Waals surface area contributed by atoms with Gasteiger partial charge in [-0.3, -0.25) is 4.72 Å². The smallest absolute Gasteiger partial charge is 0.263 e. The van der Waals surface area contributed by atoms with Gasteiger partial charge in [0.1, 0.15) is 11.2 Å². The summed E-state index contributed by atoms with van der Waals surface area (Å²) in [6, 6.07) is 0. The Kier molecular flexibility index (Phi) is 3.60. The van der Waals surface area contributed by atoms with Gasteiger partial charge in [0.15, 0.2) is 0 Å². The van der Waals surface area contributed by atoms with Crippen LogP contribution in [0.5, 0.6) is 0 Å². The van der Waals surface area contributed by atoms with Gasteiger partial charge in [-0.1, -0.05) is 0 Å². The van der Waals surface area contributed by atoms with E-state index >= 15 is 0 Å². The van der Waals surface area contributed by atoms with Crippen molar-refractivity contribution in [3.63, 3.8) is 0 Å². The molecule has 0 amide bonds. The molecule has 2 aromatic heterocycles. The van der Waals surface area contributed by atoms with Crippen molar-refractivity contribution in [3.8, 4) is 0 Å². The second-order valence-corrected chi connectivity index (χ2v) is 6.15. The summed E-state index contributed by atoms with van der Waals surface area (Å²) in [6.45, 7) is 1.38. The molecule has 2 N–H and O–H groups in total. The molecule has 0 aromatic carbocycles. The monoisotopic (exact) mass is 285 g/mol. The van der Waals surface area contributed by atoms with Crippen LogP contribution in [-0.2, 0) is 16.6 Å². The number of thiophene rings is 1. The van der Waals surface area contributed by atoms with Gasteiger partial charge in [-0.2, -0.15) is 0 Å². The first-order chi connectivity index (χ1) is 8.54. The average Bonchev–Trinajstić information content (AvgIpc) is 2.72. The normalized spacial score (nSPS) is 11.4. The number of aromatic nitrogens is 2. The van der Waals surface area contributed by atoms with Crippen molar-refractivity contribution in [3.05, 3.63) is 34.5 Å². The van der Waals surface area contributed by atoms with Crippen LogP contribution < -0.4 is 4.72 Å². The van der Waals surface area contributed by atoms with E-state index in [1.165, 1.54) is 30.1 Å². The van der Waals surface area contributed by atoms with Crippen LogP contribution in [0.4, 0.5) is 5.69 Å². The third-order valence-electron chi connectivity index (χ3n) is 2.21. The number of hydrogen-bond acceptors (Lipinski definition) is 6. The Balaban J connectivity index is 2.40. The van der Waals surface area contributed by atoms with E-state index in [-0.39, 0.29) is 17.2 Å². The van der Waals surface area contributed by atoms with Gasteiger partial charge in [-0.15, -0.1) is 11.3 Å². The van der Waals surface area contributed by atoms with Gasteiger partial charge in [-0.05, 0) is 17.9 Å². The maximum atomic E-state index is 12.2. The highest BCUT2D eigenvalue weighted by atomic mass is 32.2. The molecule has 0 aliphatic carbocycles. The minimum absolute atomic E-state index is 0.124. The second-order valence-electron chi connectivity index (χ2n) is 3.56. The molecule has 2 rings (SSSR count). The molecule has 0 aliphatic heterocycles. The third-order valence-corrected chi connectivity index (χ3v) is 5.04. The predicted molar refractivity (Wildman–Crippen MR) is 67.8 cm³/mol. The molecule has 6 nitrogen and oxygen atoms in total. The minimum atomic E-state index is -3.72. The highest BCUT2D eigenvalue weighted by Crippen LogP contribution is 2.28. The molecule has 8 heteroatoms. The lowest BCUT2D eigenvalue weighted by atomic mass is 10.3. The van der Waals surface area contributed by atoms with Crippen molar-refractivity contribution in [1.82, 2.24) is 9.97 Å². The quantitative estimate of drug-likeness (QED) is 0.878. The second kappa shape index (κ2) is 5.01. The number of aliphatic hydroxyl groups excluding tert-OH is 1. The summed E-state index contributed by atoms with van der Waals surface area (Å²) in [4.78, 5) is 8.00. The number of hydrogen-bond donors (Lipinski definition) is 2. The van der Waals surface area contributed by atoms with Crippen molar-refractivity contribution in [1.29, 1.82) is 0 Å². The van der Waals surface area contributed by atoms with Gasteiger partial charge in [0.25, 0.3) is 10.0 Å². The zero-order chi connectivity index (χ0) is 13.2. The Labute approximate surface area is 108 Å². The molecule has 2 heterocycles. The van der Waals surface area contributed by atoms with Gasteiger partial charge >= 0.3 is 0 Å². The average molecular weight is 285 g/mol. The third kappa shape index (κ3) is 2.50. The number of sulfonamides is 1. The van der Waals surface area contributed by atoms with Crippen LogP contribution >= 0.6 is 11.3 Å². The Morgan fingerprint density at radius 2 is 2.06 bits per heavy atom. The standard InChI is InChI=1S/C10H11N3O3S2/c1-7-5-17-9(4-14)10(7)18(15,16)13-8-2-11-6-12-3-8/h2-3,5-6,13-14H,4H2,1H3. The summed E-state index contributed by atoms with van der Waals surface area (Å²) in [7, 11) is -3.72. The first-order valence-corrected chi connectivity index (χ1v) is 7.36. The van der Waals surface area contributed by atoms with Crippen LogP contribution in [0.3, 0.4) is 0 Å². The maximum absolute atomic E-state index is 12.2. The molecule has 0 atom stereocenters. The number of nitrogens with zero attached hydrogens (tertiary/aromatic N) is 2. The lowest BCUT2D eigenvalue weighted by Crippen LogP contribution is -2.15. The number of aliphatic hydroxyl groups is 1. The minimum Gasteiger partial charge on any atom is -0.391 e. The molecule has 0 unspecified atom stereocenters.